The highest BCUT2D eigenvalue weighted by molar-refractivity contribution is 6.29. The minimum absolute atomic E-state index is 0.0856. The maximum absolute atomic E-state index is 8.62. The summed E-state index contributed by atoms with van der Waals surface area (Å²) in [5, 5.41) is 9.09. The predicted molar refractivity (Wildman–Crippen MR) is 73.6 cm³/mol. The molecule has 0 aliphatic carbocycles. The summed E-state index contributed by atoms with van der Waals surface area (Å²) in [6.45, 7) is 5.87. The second kappa shape index (κ2) is 7.59. The highest BCUT2D eigenvalue weighted by atomic mass is 35.5. The van der Waals surface area contributed by atoms with E-state index in [1.54, 1.807) is 6.07 Å². The lowest BCUT2D eigenvalue weighted by Crippen LogP contribution is -2.47. The Bertz CT molecular complexity index is 386. The number of aliphatic hydroxyl groups is 1. The lowest BCUT2D eigenvalue weighted by Gasteiger charge is -2.35. The first-order valence-corrected chi connectivity index (χ1v) is 6.81. The molecule has 1 saturated heterocycles. The summed E-state index contributed by atoms with van der Waals surface area (Å²) in [6, 6.07) is 1.79. The van der Waals surface area contributed by atoms with Gasteiger partial charge in [0.15, 0.2) is 0 Å². The molecule has 0 spiro atoms. The van der Waals surface area contributed by atoms with Crippen LogP contribution in [0.25, 0.3) is 0 Å². The Kier molecular flexibility index (Phi) is 5.78. The summed E-state index contributed by atoms with van der Waals surface area (Å²) in [6.07, 6.45) is 1.49. The van der Waals surface area contributed by atoms with E-state index in [0.717, 1.165) is 38.5 Å². The fourth-order valence-electron chi connectivity index (χ4n) is 2.06. The van der Waals surface area contributed by atoms with Crippen LogP contribution in [0.2, 0.25) is 5.15 Å². The van der Waals surface area contributed by atoms with Gasteiger partial charge in [-0.25, -0.2) is 9.97 Å². The minimum atomic E-state index is 0.0856. The Hall–Kier alpha value is -0.950. The van der Waals surface area contributed by atoms with Crippen molar-refractivity contribution in [2.24, 2.45) is 0 Å². The molecule has 1 aliphatic heterocycles. The van der Waals surface area contributed by atoms with Gasteiger partial charge in [0.25, 0.3) is 0 Å². The lowest BCUT2D eigenvalue weighted by atomic mass is 10.3. The maximum Gasteiger partial charge on any atom is 0.134 e. The molecular weight excluding hydrogens is 268 g/mol. The van der Waals surface area contributed by atoms with E-state index in [9.17, 15) is 0 Å². The van der Waals surface area contributed by atoms with Crippen LogP contribution in [0.4, 0.5) is 5.82 Å². The molecule has 0 radical (unpaired) electrons. The third-order valence-corrected chi connectivity index (χ3v) is 3.31. The summed E-state index contributed by atoms with van der Waals surface area (Å²) in [7, 11) is 0. The van der Waals surface area contributed by atoms with Crippen molar-refractivity contribution in [3.63, 3.8) is 0 Å². The molecule has 19 heavy (non-hydrogen) atoms. The fraction of sp³-hybridized carbons (Fsp3) is 0.667. The molecule has 0 unspecified atom stereocenters. The molecule has 2 rings (SSSR count). The normalized spacial score (nSPS) is 16.8. The number of halogens is 1. The van der Waals surface area contributed by atoms with Crippen molar-refractivity contribution in [1.82, 2.24) is 14.9 Å². The molecular formula is C12H19ClN4O2. The molecule has 1 aliphatic rings. The lowest BCUT2D eigenvalue weighted by molar-refractivity contribution is 0.0724. The Balaban J connectivity index is 1.73. The van der Waals surface area contributed by atoms with Gasteiger partial charge in [0.05, 0.1) is 19.8 Å². The summed E-state index contributed by atoms with van der Waals surface area (Å²) in [5.41, 5.74) is 0. The smallest absolute Gasteiger partial charge is 0.134 e. The quantitative estimate of drug-likeness (QED) is 0.598. The highest BCUT2D eigenvalue weighted by Crippen LogP contribution is 2.15. The van der Waals surface area contributed by atoms with Crippen molar-refractivity contribution in [3.8, 4) is 0 Å². The van der Waals surface area contributed by atoms with Crippen LogP contribution in [0.3, 0.4) is 0 Å². The molecule has 7 heteroatoms. The molecule has 0 saturated carbocycles. The van der Waals surface area contributed by atoms with Crippen LogP contribution < -0.4 is 4.90 Å². The number of nitrogens with zero attached hydrogens (tertiary/aromatic N) is 4. The SMILES string of the molecule is OCCOCCN1CCN(c2cc(Cl)ncn2)CC1. The van der Waals surface area contributed by atoms with Gasteiger partial charge in [0.2, 0.25) is 0 Å². The third-order valence-electron chi connectivity index (χ3n) is 3.10. The average Bonchev–Trinajstić information content (AvgIpc) is 2.44. The van der Waals surface area contributed by atoms with Crippen molar-refractivity contribution in [2.45, 2.75) is 0 Å². The van der Waals surface area contributed by atoms with Crippen molar-refractivity contribution < 1.29 is 9.84 Å². The van der Waals surface area contributed by atoms with E-state index in [-0.39, 0.29) is 6.61 Å². The van der Waals surface area contributed by atoms with Crippen LogP contribution in [0.1, 0.15) is 0 Å². The predicted octanol–water partition coefficient (Wildman–Crippen LogP) is 0.261. The summed E-state index contributed by atoms with van der Waals surface area (Å²) >= 11 is 5.87. The van der Waals surface area contributed by atoms with Gasteiger partial charge in [-0.3, -0.25) is 4.90 Å². The molecule has 1 aromatic heterocycles. The average molecular weight is 287 g/mol. The number of aliphatic hydroxyl groups excluding tert-OH is 1. The number of ether oxygens (including phenoxy) is 1. The summed E-state index contributed by atoms with van der Waals surface area (Å²) in [5.74, 6) is 0.885. The molecule has 0 aromatic carbocycles. The summed E-state index contributed by atoms with van der Waals surface area (Å²) in [4.78, 5) is 12.7. The van der Waals surface area contributed by atoms with Crippen LogP contribution in [0, 0.1) is 0 Å². The zero-order valence-corrected chi connectivity index (χ0v) is 11.6. The van der Waals surface area contributed by atoms with E-state index in [1.807, 2.05) is 0 Å². The van der Waals surface area contributed by atoms with E-state index < -0.39 is 0 Å². The van der Waals surface area contributed by atoms with E-state index in [0.29, 0.717) is 18.4 Å². The van der Waals surface area contributed by atoms with E-state index in [1.165, 1.54) is 6.33 Å². The summed E-state index contributed by atoms with van der Waals surface area (Å²) < 4.78 is 5.27. The minimum Gasteiger partial charge on any atom is -0.394 e. The zero-order valence-electron chi connectivity index (χ0n) is 10.8. The van der Waals surface area contributed by atoms with Gasteiger partial charge in [-0.05, 0) is 0 Å². The third kappa shape index (κ3) is 4.58. The number of hydrogen-bond acceptors (Lipinski definition) is 6. The van der Waals surface area contributed by atoms with Crippen molar-refractivity contribution in [3.05, 3.63) is 17.5 Å². The van der Waals surface area contributed by atoms with Crippen molar-refractivity contribution in [1.29, 1.82) is 0 Å². The number of piperazine rings is 1. The van der Waals surface area contributed by atoms with Gasteiger partial charge in [-0.2, -0.15) is 0 Å². The van der Waals surface area contributed by atoms with E-state index in [4.69, 9.17) is 21.4 Å². The first kappa shape index (κ1) is 14.5. The Morgan fingerprint density at radius 3 is 2.68 bits per heavy atom. The topological polar surface area (TPSA) is 61.7 Å². The molecule has 0 bridgehead atoms. The maximum atomic E-state index is 8.62. The van der Waals surface area contributed by atoms with Gasteiger partial charge in [0.1, 0.15) is 17.3 Å². The largest absolute Gasteiger partial charge is 0.394 e. The van der Waals surface area contributed by atoms with Gasteiger partial charge in [-0.1, -0.05) is 11.6 Å². The van der Waals surface area contributed by atoms with Crippen molar-refractivity contribution in [2.75, 3.05) is 57.4 Å². The Labute approximate surface area is 118 Å². The first-order chi connectivity index (χ1) is 9.29. The van der Waals surface area contributed by atoms with Gasteiger partial charge < -0.3 is 14.7 Å². The second-order valence-corrected chi connectivity index (χ2v) is 4.75. The molecule has 0 atom stereocenters. The molecule has 2 heterocycles. The van der Waals surface area contributed by atoms with Gasteiger partial charge in [0, 0.05) is 38.8 Å². The molecule has 6 nitrogen and oxygen atoms in total. The van der Waals surface area contributed by atoms with Gasteiger partial charge in [-0.15, -0.1) is 0 Å². The number of hydrogen-bond donors (Lipinski definition) is 1. The van der Waals surface area contributed by atoms with Crippen molar-refractivity contribution >= 4 is 17.4 Å². The molecule has 1 aromatic rings. The first-order valence-electron chi connectivity index (χ1n) is 6.43. The van der Waals surface area contributed by atoms with Gasteiger partial charge >= 0.3 is 0 Å². The van der Waals surface area contributed by atoms with Crippen LogP contribution in [0.15, 0.2) is 12.4 Å². The van der Waals surface area contributed by atoms with E-state index in [2.05, 4.69) is 19.8 Å². The van der Waals surface area contributed by atoms with Crippen LogP contribution in [-0.2, 0) is 4.74 Å². The Morgan fingerprint density at radius 1 is 1.21 bits per heavy atom. The number of rotatable bonds is 6. The standard InChI is InChI=1S/C12H19ClN4O2/c13-11-9-12(15-10-14-11)17-3-1-16(2-4-17)5-7-19-8-6-18/h9-10,18H,1-8H2. The fourth-order valence-corrected chi connectivity index (χ4v) is 2.20. The van der Waals surface area contributed by atoms with E-state index >= 15 is 0 Å². The monoisotopic (exact) mass is 286 g/mol. The molecule has 1 N–H and O–H groups in total. The highest BCUT2D eigenvalue weighted by Gasteiger charge is 2.17. The number of anilines is 1. The second-order valence-electron chi connectivity index (χ2n) is 4.36. The van der Waals surface area contributed by atoms with Crippen LogP contribution in [-0.4, -0.2) is 72.5 Å². The molecule has 106 valence electrons. The zero-order chi connectivity index (χ0) is 13.5. The van der Waals surface area contributed by atoms with Crippen LogP contribution in [0.5, 0.6) is 0 Å². The number of aromatic nitrogens is 2. The Morgan fingerprint density at radius 2 is 2.00 bits per heavy atom. The molecule has 1 fully saturated rings. The molecule has 0 amide bonds. The van der Waals surface area contributed by atoms with Crippen LogP contribution >= 0.6 is 11.6 Å².